The fraction of sp³-hybridized carbons (Fsp3) is 0.222. The lowest BCUT2D eigenvalue weighted by Crippen LogP contribution is -1.91. The quantitative estimate of drug-likeness (QED) is 0.682. The van der Waals surface area contributed by atoms with E-state index in [0.29, 0.717) is 0 Å². The molecule has 3 heteroatoms. The van der Waals surface area contributed by atoms with Gasteiger partial charge < -0.3 is 9.51 Å². The van der Waals surface area contributed by atoms with E-state index in [-0.39, 0.29) is 6.61 Å². The molecule has 0 saturated carbocycles. The molecule has 62 valence electrons. The van der Waals surface area contributed by atoms with Crippen LogP contribution in [0.5, 0.6) is 0 Å². The highest BCUT2D eigenvalue weighted by Gasteiger charge is 1.98. The van der Waals surface area contributed by atoms with Crippen molar-refractivity contribution in [3.8, 4) is 0 Å². The van der Waals surface area contributed by atoms with Crippen molar-refractivity contribution in [2.75, 3.05) is 0 Å². The van der Waals surface area contributed by atoms with Crippen molar-refractivity contribution < 1.29 is 5.11 Å². The van der Waals surface area contributed by atoms with Crippen molar-refractivity contribution in [1.82, 2.24) is 9.38 Å². The minimum absolute atomic E-state index is 0.0769. The molecule has 2 rings (SSSR count). The Bertz CT molecular complexity index is 406. The van der Waals surface area contributed by atoms with Crippen LogP contribution in [0.2, 0.25) is 0 Å². The van der Waals surface area contributed by atoms with Crippen LogP contribution in [-0.4, -0.2) is 14.5 Å². The molecule has 0 bridgehead atoms. The van der Waals surface area contributed by atoms with Gasteiger partial charge in [0, 0.05) is 18.1 Å². The molecule has 3 nitrogen and oxygen atoms in total. The Labute approximate surface area is 70.3 Å². The minimum Gasteiger partial charge on any atom is -0.392 e. The molecule has 2 aromatic heterocycles. The second-order valence-electron chi connectivity index (χ2n) is 2.82. The van der Waals surface area contributed by atoms with Gasteiger partial charge in [0.2, 0.25) is 0 Å². The molecule has 0 amide bonds. The molecular weight excluding hydrogens is 152 g/mol. The summed E-state index contributed by atoms with van der Waals surface area (Å²) in [5.74, 6) is 0. The lowest BCUT2D eigenvalue weighted by molar-refractivity contribution is 0.281. The molecule has 0 radical (unpaired) electrons. The van der Waals surface area contributed by atoms with Gasteiger partial charge in [0.15, 0.2) is 0 Å². The number of fused-ring (bicyclic) bond motifs is 1. The van der Waals surface area contributed by atoms with E-state index in [1.54, 1.807) is 0 Å². The van der Waals surface area contributed by atoms with Crippen molar-refractivity contribution in [3.05, 3.63) is 35.8 Å². The highest BCUT2D eigenvalue weighted by molar-refractivity contribution is 5.41. The molecule has 0 aromatic carbocycles. The van der Waals surface area contributed by atoms with Crippen molar-refractivity contribution in [2.45, 2.75) is 13.5 Å². The first-order chi connectivity index (χ1) is 5.81. The monoisotopic (exact) mass is 162 g/mol. The van der Waals surface area contributed by atoms with E-state index in [1.807, 2.05) is 35.9 Å². The van der Waals surface area contributed by atoms with Crippen LogP contribution in [0.15, 0.2) is 24.5 Å². The van der Waals surface area contributed by atoms with Gasteiger partial charge in [-0.2, -0.15) is 0 Å². The average molecular weight is 162 g/mol. The average Bonchev–Trinajstić information content (AvgIpc) is 2.47. The predicted octanol–water partition coefficient (Wildman–Crippen LogP) is 1.14. The number of aliphatic hydroxyl groups is 1. The maximum absolute atomic E-state index is 8.89. The molecule has 2 aromatic rings. The third-order valence-corrected chi connectivity index (χ3v) is 1.93. The maximum Gasteiger partial charge on any atom is 0.136 e. The molecular formula is C9H10N2O. The van der Waals surface area contributed by atoms with Crippen molar-refractivity contribution in [1.29, 1.82) is 0 Å². The Morgan fingerprint density at radius 2 is 2.33 bits per heavy atom. The summed E-state index contributed by atoms with van der Waals surface area (Å²) in [5, 5.41) is 8.89. The Morgan fingerprint density at radius 1 is 1.50 bits per heavy atom. The van der Waals surface area contributed by atoms with Crippen molar-refractivity contribution in [2.24, 2.45) is 0 Å². The molecule has 0 unspecified atom stereocenters. The molecule has 1 N–H and O–H groups in total. The van der Waals surface area contributed by atoms with Gasteiger partial charge in [-0.1, -0.05) is 6.07 Å². The summed E-state index contributed by atoms with van der Waals surface area (Å²) in [6.07, 6.45) is 3.72. The standard InChI is InChI=1S/C9H10N2O/c1-7-4-10-9-3-2-8(6-12)5-11(7)9/h2-5,12H,6H2,1H3. The van der Waals surface area contributed by atoms with Crippen molar-refractivity contribution >= 4 is 5.65 Å². The van der Waals surface area contributed by atoms with Crippen LogP contribution in [0.4, 0.5) is 0 Å². The van der Waals surface area contributed by atoms with Crippen LogP contribution >= 0.6 is 0 Å². The smallest absolute Gasteiger partial charge is 0.136 e. The lowest BCUT2D eigenvalue weighted by Gasteiger charge is -1.98. The fourth-order valence-corrected chi connectivity index (χ4v) is 1.24. The summed E-state index contributed by atoms with van der Waals surface area (Å²) < 4.78 is 1.96. The molecule has 0 fully saturated rings. The maximum atomic E-state index is 8.89. The van der Waals surface area contributed by atoms with E-state index < -0.39 is 0 Å². The molecule has 0 saturated heterocycles. The largest absolute Gasteiger partial charge is 0.392 e. The SMILES string of the molecule is Cc1cnc2ccc(CO)cn12. The van der Waals surface area contributed by atoms with Gasteiger partial charge in [-0.25, -0.2) is 4.98 Å². The van der Waals surface area contributed by atoms with Gasteiger partial charge in [-0.05, 0) is 18.6 Å². The first-order valence-electron chi connectivity index (χ1n) is 3.85. The first kappa shape index (κ1) is 7.31. The zero-order valence-electron chi connectivity index (χ0n) is 6.86. The number of pyridine rings is 1. The summed E-state index contributed by atoms with van der Waals surface area (Å²) in [5.41, 5.74) is 2.91. The second kappa shape index (κ2) is 2.60. The second-order valence-corrected chi connectivity index (χ2v) is 2.82. The van der Waals surface area contributed by atoms with E-state index in [9.17, 15) is 0 Å². The normalized spacial score (nSPS) is 10.8. The molecule has 0 aliphatic carbocycles. The van der Waals surface area contributed by atoms with E-state index in [0.717, 1.165) is 16.9 Å². The first-order valence-corrected chi connectivity index (χ1v) is 3.85. The summed E-state index contributed by atoms with van der Waals surface area (Å²) in [7, 11) is 0. The van der Waals surface area contributed by atoms with Crippen LogP contribution < -0.4 is 0 Å². The zero-order chi connectivity index (χ0) is 8.55. The molecule has 0 aliphatic heterocycles. The van der Waals surface area contributed by atoms with E-state index >= 15 is 0 Å². The summed E-state index contributed by atoms with van der Waals surface area (Å²) in [6, 6.07) is 3.78. The Hall–Kier alpha value is -1.35. The summed E-state index contributed by atoms with van der Waals surface area (Å²) >= 11 is 0. The van der Waals surface area contributed by atoms with Crippen LogP contribution in [0, 0.1) is 6.92 Å². The van der Waals surface area contributed by atoms with Crippen molar-refractivity contribution in [3.63, 3.8) is 0 Å². The molecule has 0 atom stereocenters. The van der Waals surface area contributed by atoms with E-state index in [2.05, 4.69) is 4.98 Å². The van der Waals surface area contributed by atoms with E-state index in [1.165, 1.54) is 0 Å². The fourth-order valence-electron chi connectivity index (χ4n) is 1.24. The number of nitrogens with zero attached hydrogens (tertiary/aromatic N) is 2. The summed E-state index contributed by atoms with van der Waals surface area (Å²) in [6.45, 7) is 2.06. The van der Waals surface area contributed by atoms with Gasteiger partial charge in [-0.15, -0.1) is 0 Å². The minimum atomic E-state index is 0.0769. The molecule has 0 aliphatic rings. The van der Waals surface area contributed by atoms with Crippen LogP contribution in [0.1, 0.15) is 11.3 Å². The Morgan fingerprint density at radius 3 is 3.08 bits per heavy atom. The third-order valence-electron chi connectivity index (χ3n) is 1.93. The van der Waals surface area contributed by atoms with E-state index in [4.69, 9.17) is 5.11 Å². The van der Waals surface area contributed by atoms with Gasteiger partial charge in [-0.3, -0.25) is 0 Å². The summed E-state index contributed by atoms with van der Waals surface area (Å²) in [4.78, 5) is 4.17. The molecule has 0 spiro atoms. The van der Waals surface area contributed by atoms with Crippen LogP contribution in [0.25, 0.3) is 5.65 Å². The zero-order valence-corrected chi connectivity index (χ0v) is 6.86. The van der Waals surface area contributed by atoms with Crippen LogP contribution in [0.3, 0.4) is 0 Å². The van der Waals surface area contributed by atoms with Gasteiger partial charge in [0.25, 0.3) is 0 Å². The number of rotatable bonds is 1. The topological polar surface area (TPSA) is 37.5 Å². The Balaban J connectivity index is 2.71. The number of aliphatic hydroxyl groups excluding tert-OH is 1. The lowest BCUT2D eigenvalue weighted by atomic mass is 10.3. The number of aryl methyl sites for hydroxylation is 1. The van der Waals surface area contributed by atoms with Gasteiger partial charge in [0.05, 0.1) is 6.61 Å². The number of hydrogen-bond acceptors (Lipinski definition) is 2. The van der Waals surface area contributed by atoms with Gasteiger partial charge >= 0.3 is 0 Å². The number of hydrogen-bond donors (Lipinski definition) is 1. The molecule has 12 heavy (non-hydrogen) atoms. The third kappa shape index (κ3) is 0.987. The predicted molar refractivity (Wildman–Crippen MR) is 45.9 cm³/mol. The molecule has 2 heterocycles. The van der Waals surface area contributed by atoms with Crippen LogP contribution in [-0.2, 0) is 6.61 Å². The number of aromatic nitrogens is 2. The Kier molecular flexibility index (Phi) is 1.59. The highest BCUT2D eigenvalue weighted by Crippen LogP contribution is 2.07. The number of imidazole rings is 1. The highest BCUT2D eigenvalue weighted by atomic mass is 16.3. The van der Waals surface area contributed by atoms with Gasteiger partial charge in [0.1, 0.15) is 5.65 Å².